The molecular weight excluding hydrogens is 210 g/mol. The summed E-state index contributed by atoms with van der Waals surface area (Å²) in [7, 11) is 0. The summed E-state index contributed by atoms with van der Waals surface area (Å²) in [5.41, 5.74) is -1.11. The molecule has 0 aliphatic heterocycles. The average molecular weight is 218 g/mol. The Bertz CT molecular complexity index is 384. The molecule has 0 bridgehead atoms. The topological polar surface area (TPSA) is 75.4 Å². The standard InChI is InChI=1S/C8H8F2N2O3/c9-5-3-6(10)8(12(14)15)7(4-5)11-1-2-13/h3-4,11,13H,1-2H2. The second kappa shape index (κ2) is 4.65. The van der Waals surface area contributed by atoms with Gasteiger partial charge in [-0.3, -0.25) is 10.1 Å². The van der Waals surface area contributed by atoms with Crippen molar-refractivity contribution < 1.29 is 18.8 Å². The number of aliphatic hydroxyl groups is 1. The number of hydrogen-bond acceptors (Lipinski definition) is 4. The number of rotatable bonds is 4. The van der Waals surface area contributed by atoms with E-state index in [1.54, 1.807) is 0 Å². The number of nitrogens with one attached hydrogen (secondary N) is 1. The number of hydrogen-bond donors (Lipinski definition) is 2. The van der Waals surface area contributed by atoms with Gasteiger partial charge in [-0.15, -0.1) is 0 Å². The summed E-state index contributed by atoms with van der Waals surface area (Å²) in [5.74, 6) is -2.17. The van der Waals surface area contributed by atoms with Crippen LogP contribution in [-0.4, -0.2) is 23.2 Å². The van der Waals surface area contributed by atoms with E-state index in [1.165, 1.54) is 0 Å². The number of nitro groups is 1. The van der Waals surface area contributed by atoms with Gasteiger partial charge < -0.3 is 10.4 Å². The number of halogens is 2. The SMILES string of the molecule is O=[N+]([O-])c1c(F)cc(F)cc1NCCO. The fourth-order valence-electron chi connectivity index (χ4n) is 1.08. The van der Waals surface area contributed by atoms with E-state index in [9.17, 15) is 18.9 Å². The molecule has 15 heavy (non-hydrogen) atoms. The molecule has 5 nitrogen and oxygen atoms in total. The predicted molar refractivity (Wildman–Crippen MR) is 48.6 cm³/mol. The van der Waals surface area contributed by atoms with E-state index in [-0.39, 0.29) is 18.8 Å². The normalized spacial score (nSPS) is 10.1. The first-order valence-electron chi connectivity index (χ1n) is 4.04. The molecule has 1 aromatic carbocycles. The van der Waals surface area contributed by atoms with Gasteiger partial charge in [0.25, 0.3) is 0 Å². The van der Waals surface area contributed by atoms with Crippen molar-refractivity contribution in [3.05, 3.63) is 33.9 Å². The van der Waals surface area contributed by atoms with Gasteiger partial charge in [0, 0.05) is 18.7 Å². The Morgan fingerprint density at radius 3 is 2.67 bits per heavy atom. The third kappa shape index (κ3) is 2.59. The molecule has 0 amide bonds. The Kier molecular flexibility index (Phi) is 3.51. The molecule has 0 heterocycles. The molecule has 0 unspecified atom stereocenters. The van der Waals surface area contributed by atoms with E-state index in [4.69, 9.17) is 5.11 Å². The number of aliphatic hydroxyl groups excluding tert-OH is 1. The average Bonchev–Trinajstić information content (AvgIpc) is 2.12. The summed E-state index contributed by atoms with van der Waals surface area (Å²) in [4.78, 5) is 9.51. The van der Waals surface area contributed by atoms with Crippen molar-refractivity contribution in [2.24, 2.45) is 0 Å². The summed E-state index contributed by atoms with van der Waals surface area (Å²) >= 11 is 0. The Morgan fingerprint density at radius 1 is 1.47 bits per heavy atom. The lowest BCUT2D eigenvalue weighted by Crippen LogP contribution is -2.09. The number of benzene rings is 1. The van der Waals surface area contributed by atoms with Gasteiger partial charge in [0.05, 0.1) is 11.5 Å². The molecule has 82 valence electrons. The lowest BCUT2D eigenvalue weighted by Gasteiger charge is -2.05. The second-order valence-corrected chi connectivity index (χ2v) is 2.69. The van der Waals surface area contributed by atoms with Gasteiger partial charge >= 0.3 is 5.69 Å². The monoisotopic (exact) mass is 218 g/mol. The smallest absolute Gasteiger partial charge is 0.327 e. The van der Waals surface area contributed by atoms with Crippen LogP contribution in [0.2, 0.25) is 0 Å². The molecule has 1 aromatic rings. The minimum absolute atomic E-state index is 0.0241. The highest BCUT2D eigenvalue weighted by Crippen LogP contribution is 2.28. The Labute approximate surface area is 83.5 Å². The van der Waals surface area contributed by atoms with E-state index >= 15 is 0 Å². The molecular formula is C8H8F2N2O3. The minimum Gasteiger partial charge on any atom is -0.395 e. The van der Waals surface area contributed by atoms with Crippen LogP contribution in [0.25, 0.3) is 0 Å². The van der Waals surface area contributed by atoms with E-state index in [0.717, 1.165) is 6.07 Å². The molecule has 0 saturated heterocycles. The van der Waals surface area contributed by atoms with E-state index in [0.29, 0.717) is 6.07 Å². The summed E-state index contributed by atoms with van der Waals surface area (Å²) in [5, 5.41) is 21.3. The fourth-order valence-corrected chi connectivity index (χ4v) is 1.08. The molecule has 2 N–H and O–H groups in total. The Hall–Kier alpha value is -1.76. The third-order valence-corrected chi connectivity index (χ3v) is 1.64. The first kappa shape index (κ1) is 11.3. The van der Waals surface area contributed by atoms with Crippen molar-refractivity contribution in [1.29, 1.82) is 0 Å². The molecule has 0 atom stereocenters. The van der Waals surface area contributed by atoms with Crippen LogP contribution >= 0.6 is 0 Å². The largest absolute Gasteiger partial charge is 0.395 e. The molecule has 0 saturated carbocycles. The maximum absolute atomic E-state index is 13.0. The number of nitrogens with zero attached hydrogens (tertiary/aromatic N) is 1. The molecule has 0 aliphatic carbocycles. The number of nitro benzene ring substituents is 1. The van der Waals surface area contributed by atoms with Crippen LogP contribution in [0.4, 0.5) is 20.2 Å². The van der Waals surface area contributed by atoms with Crippen molar-refractivity contribution in [3.8, 4) is 0 Å². The summed E-state index contributed by atoms with van der Waals surface area (Å²) in [6.45, 7) is -0.320. The molecule has 0 aliphatic rings. The Morgan fingerprint density at radius 2 is 2.13 bits per heavy atom. The Balaban J connectivity index is 3.14. The van der Waals surface area contributed by atoms with Gasteiger partial charge in [-0.25, -0.2) is 4.39 Å². The molecule has 0 spiro atoms. The van der Waals surface area contributed by atoms with E-state index < -0.39 is 22.2 Å². The zero-order chi connectivity index (χ0) is 11.4. The molecule has 0 aromatic heterocycles. The lowest BCUT2D eigenvalue weighted by molar-refractivity contribution is -0.386. The minimum atomic E-state index is -1.25. The lowest BCUT2D eigenvalue weighted by atomic mass is 10.2. The molecule has 1 rings (SSSR count). The van der Waals surface area contributed by atoms with Crippen LogP contribution in [0, 0.1) is 21.7 Å². The molecule has 0 fully saturated rings. The predicted octanol–water partition coefficient (Wildman–Crippen LogP) is 1.28. The maximum atomic E-state index is 13.0. The highest BCUT2D eigenvalue weighted by atomic mass is 19.1. The summed E-state index contributed by atoms with van der Waals surface area (Å²) < 4.78 is 25.7. The highest BCUT2D eigenvalue weighted by Gasteiger charge is 2.21. The maximum Gasteiger partial charge on any atom is 0.327 e. The first-order chi connectivity index (χ1) is 7.06. The van der Waals surface area contributed by atoms with Crippen LogP contribution in [0.1, 0.15) is 0 Å². The van der Waals surface area contributed by atoms with Crippen molar-refractivity contribution in [2.45, 2.75) is 0 Å². The van der Waals surface area contributed by atoms with Crippen LogP contribution < -0.4 is 5.32 Å². The molecule has 7 heteroatoms. The first-order valence-corrected chi connectivity index (χ1v) is 4.04. The van der Waals surface area contributed by atoms with Crippen LogP contribution in [0.15, 0.2) is 12.1 Å². The zero-order valence-corrected chi connectivity index (χ0v) is 7.54. The van der Waals surface area contributed by atoms with Gasteiger partial charge in [-0.2, -0.15) is 4.39 Å². The van der Waals surface area contributed by atoms with Crippen LogP contribution in [0.3, 0.4) is 0 Å². The van der Waals surface area contributed by atoms with Gasteiger partial charge in [0.2, 0.25) is 5.82 Å². The van der Waals surface area contributed by atoms with E-state index in [1.807, 2.05) is 0 Å². The second-order valence-electron chi connectivity index (χ2n) is 2.69. The third-order valence-electron chi connectivity index (χ3n) is 1.64. The highest BCUT2D eigenvalue weighted by molar-refractivity contribution is 5.62. The summed E-state index contributed by atoms with van der Waals surface area (Å²) in [6.07, 6.45) is 0. The van der Waals surface area contributed by atoms with Gasteiger partial charge in [0.15, 0.2) is 0 Å². The van der Waals surface area contributed by atoms with E-state index in [2.05, 4.69) is 5.32 Å². The fraction of sp³-hybridized carbons (Fsp3) is 0.250. The van der Waals surface area contributed by atoms with Crippen molar-refractivity contribution in [3.63, 3.8) is 0 Å². The van der Waals surface area contributed by atoms with Crippen LogP contribution in [-0.2, 0) is 0 Å². The van der Waals surface area contributed by atoms with Gasteiger partial charge in [-0.05, 0) is 0 Å². The van der Waals surface area contributed by atoms with Crippen molar-refractivity contribution >= 4 is 11.4 Å². The van der Waals surface area contributed by atoms with Gasteiger partial charge in [-0.1, -0.05) is 0 Å². The zero-order valence-electron chi connectivity index (χ0n) is 7.54. The van der Waals surface area contributed by atoms with Crippen LogP contribution in [0.5, 0.6) is 0 Å². The molecule has 0 radical (unpaired) electrons. The quantitative estimate of drug-likeness (QED) is 0.589. The number of anilines is 1. The van der Waals surface area contributed by atoms with Crippen molar-refractivity contribution in [1.82, 2.24) is 0 Å². The van der Waals surface area contributed by atoms with Crippen molar-refractivity contribution in [2.75, 3.05) is 18.5 Å². The summed E-state index contributed by atoms with van der Waals surface area (Å²) in [6, 6.07) is 1.24. The van der Waals surface area contributed by atoms with Gasteiger partial charge in [0.1, 0.15) is 11.5 Å².